The summed E-state index contributed by atoms with van der Waals surface area (Å²) in [5, 5.41) is 6.70. The number of anilines is 1. The van der Waals surface area contributed by atoms with Crippen molar-refractivity contribution in [2.45, 2.75) is 20.8 Å². The van der Waals surface area contributed by atoms with E-state index in [0.717, 1.165) is 19.6 Å². The van der Waals surface area contributed by atoms with Crippen LogP contribution in [0.3, 0.4) is 0 Å². The third-order valence-corrected chi connectivity index (χ3v) is 2.25. The summed E-state index contributed by atoms with van der Waals surface area (Å²) in [6.45, 7) is 9.42. The lowest BCUT2D eigenvalue weighted by atomic mass is 10.1. The molecule has 2 nitrogen and oxygen atoms in total. The van der Waals surface area contributed by atoms with Gasteiger partial charge < -0.3 is 10.6 Å². The first-order chi connectivity index (χ1) is 6.74. The number of benzene rings is 1. The molecule has 2 heteroatoms. The van der Waals surface area contributed by atoms with Gasteiger partial charge in [0, 0.05) is 18.8 Å². The van der Waals surface area contributed by atoms with Crippen molar-refractivity contribution in [2.75, 3.05) is 25.0 Å². The minimum atomic E-state index is 0.984. The fraction of sp³-hybridized carbons (Fsp3) is 0.500. The molecule has 14 heavy (non-hydrogen) atoms. The SMILES string of the molecule is CCNCCNc1ccc(C)cc1C. The highest BCUT2D eigenvalue weighted by atomic mass is 14.9. The van der Waals surface area contributed by atoms with Gasteiger partial charge in [-0.3, -0.25) is 0 Å². The van der Waals surface area contributed by atoms with Crippen LogP contribution >= 0.6 is 0 Å². The van der Waals surface area contributed by atoms with E-state index in [1.807, 2.05) is 0 Å². The molecule has 0 bridgehead atoms. The molecule has 0 heterocycles. The Morgan fingerprint density at radius 2 is 1.93 bits per heavy atom. The van der Waals surface area contributed by atoms with Crippen LogP contribution in [0.15, 0.2) is 18.2 Å². The van der Waals surface area contributed by atoms with Crippen molar-refractivity contribution in [1.29, 1.82) is 0 Å². The van der Waals surface area contributed by atoms with Gasteiger partial charge in [0.05, 0.1) is 0 Å². The van der Waals surface area contributed by atoms with Gasteiger partial charge in [0.25, 0.3) is 0 Å². The first kappa shape index (κ1) is 11.1. The Balaban J connectivity index is 2.42. The second kappa shape index (κ2) is 5.66. The smallest absolute Gasteiger partial charge is 0.0370 e. The number of likely N-dealkylation sites (N-methyl/N-ethyl adjacent to an activating group) is 1. The Morgan fingerprint density at radius 3 is 2.57 bits per heavy atom. The van der Waals surface area contributed by atoms with E-state index >= 15 is 0 Å². The first-order valence-electron chi connectivity index (χ1n) is 5.26. The molecule has 1 aromatic carbocycles. The Kier molecular flexibility index (Phi) is 4.47. The summed E-state index contributed by atoms with van der Waals surface area (Å²) in [7, 11) is 0. The summed E-state index contributed by atoms with van der Waals surface area (Å²) >= 11 is 0. The summed E-state index contributed by atoms with van der Waals surface area (Å²) < 4.78 is 0. The second-order valence-corrected chi connectivity index (χ2v) is 3.60. The average Bonchev–Trinajstić information content (AvgIpc) is 2.15. The van der Waals surface area contributed by atoms with Crippen LogP contribution in [-0.4, -0.2) is 19.6 Å². The van der Waals surface area contributed by atoms with Crippen molar-refractivity contribution in [3.8, 4) is 0 Å². The number of hydrogen-bond acceptors (Lipinski definition) is 2. The van der Waals surface area contributed by atoms with Crippen LogP contribution in [0.5, 0.6) is 0 Å². The van der Waals surface area contributed by atoms with Crippen LogP contribution in [0.4, 0.5) is 5.69 Å². The van der Waals surface area contributed by atoms with Crippen LogP contribution in [0.2, 0.25) is 0 Å². The highest BCUT2D eigenvalue weighted by Gasteiger charge is 1.96. The molecule has 0 fully saturated rings. The van der Waals surface area contributed by atoms with Gasteiger partial charge in [0.15, 0.2) is 0 Å². The lowest BCUT2D eigenvalue weighted by Crippen LogP contribution is -2.21. The van der Waals surface area contributed by atoms with Crippen LogP contribution < -0.4 is 10.6 Å². The van der Waals surface area contributed by atoms with Crippen molar-refractivity contribution in [3.63, 3.8) is 0 Å². The van der Waals surface area contributed by atoms with E-state index < -0.39 is 0 Å². The molecule has 1 aromatic rings. The molecule has 0 saturated carbocycles. The largest absolute Gasteiger partial charge is 0.384 e. The second-order valence-electron chi connectivity index (χ2n) is 3.60. The monoisotopic (exact) mass is 192 g/mol. The lowest BCUT2D eigenvalue weighted by Gasteiger charge is -2.10. The van der Waals surface area contributed by atoms with Gasteiger partial charge in [-0.2, -0.15) is 0 Å². The Labute approximate surface area is 86.7 Å². The number of aryl methyl sites for hydroxylation is 2. The molecule has 78 valence electrons. The minimum Gasteiger partial charge on any atom is -0.384 e. The fourth-order valence-corrected chi connectivity index (χ4v) is 1.47. The topological polar surface area (TPSA) is 24.1 Å². The van der Waals surface area contributed by atoms with E-state index in [0.29, 0.717) is 0 Å². The minimum absolute atomic E-state index is 0.984. The molecule has 0 aromatic heterocycles. The first-order valence-corrected chi connectivity index (χ1v) is 5.26. The lowest BCUT2D eigenvalue weighted by molar-refractivity contribution is 0.739. The van der Waals surface area contributed by atoms with Gasteiger partial charge in [-0.15, -0.1) is 0 Å². The standard InChI is InChI=1S/C12H20N2/c1-4-13-7-8-14-12-6-5-10(2)9-11(12)3/h5-6,9,13-14H,4,7-8H2,1-3H3. The van der Waals surface area contributed by atoms with E-state index in [1.54, 1.807) is 0 Å². The maximum Gasteiger partial charge on any atom is 0.0370 e. The van der Waals surface area contributed by atoms with Crippen LogP contribution in [0.25, 0.3) is 0 Å². The van der Waals surface area contributed by atoms with Crippen molar-refractivity contribution in [3.05, 3.63) is 29.3 Å². The molecular formula is C12H20N2. The van der Waals surface area contributed by atoms with Crippen molar-refractivity contribution >= 4 is 5.69 Å². The molecule has 2 N–H and O–H groups in total. The zero-order valence-electron chi connectivity index (χ0n) is 9.35. The predicted molar refractivity (Wildman–Crippen MR) is 62.9 cm³/mol. The Bertz CT molecular complexity index is 282. The molecule has 0 saturated heterocycles. The van der Waals surface area contributed by atoms with Crippen LogP contribution in [0, 0.1) is 13.8 Å². The Morgan fingerprint density at radius 1 is 1.14 bits per heavy atom. The molecule has 0 aliphatic rings. The third kappa shape index (κ3) is 3.38. The van der Waals surface area contributed by atoms with E-state index in [2.05, 4.69) is 49.6 Å². The highest BCUT2D eigenvalue weighted by molar-refractivity contribution is 5.51. The molecule has 1 rings (SSSR count). The summed E-state index contributed by atoms with van der Waals surface area (Å²) in [5.74, 6) is 0. The normalized spacial score (nSPS) is 10.2. The number of hydrogen-bond donors (Lipinski definition) is 2. The van der Waals surface area contributed by atoms with Crippen LogP contribution in [-0.2, 0) is 0 Å². The third-order valence-electron chi connectivity index (χ3n) is 2.25. The number of rotatable bonds is 5. The average molecular weight is 192 g/mol. The zero-order valence-corrected chi connectivity index (χ0v) is 9.35. The van der Waals surface area contributed by atoms with E-state index in [1.165, 1.54) is 16.8 Å². The quantitative estimate of drug-likeness (QED) is 0.700. The highest BCUT2D eigenvalue weighted by Crippen LogP contribution is 2.15. The molecule has 0 amide bonds. The molecule has 0 aliphatic carbocycles. The summed E-state index contributed by atoms with van der Waals surface area (Å²) in [6.07, 6.45) is 0. The Hall–Kier alpha value is -1.02. The fourth-order valence-electron chi connectivity index (χ4n) is 1.47. The van der Waals surface area contributed by atoms with Gasteiger partial charge in [0.2, 0.25) is 0 Å². The van der Waals surface area contributed by atoms with Gasteiger partial charge in [-0.25, -0.2) is 0 Å². The van der Waals surface area contributed by atoms with E-state index in [4.69, 9.17) is 0 Å². The number of nitrogens with one attached hydrogen (secondary N) is 2. The molecule has 0 spiro atoms. The predicted octanol–water partition coefficient (Wildman–Crippen LogP) is 2.32. The van der Waals surface area contributed by atoms with E-state index in [9.17, 15) is 0 Å². The van der Waals surface area contributed by atoms with Crippen molar-refractivity contribution in [1.82, 2.24) is 5.32 Å². The summed E-state index contributed by atoms with van der Waals surface area (Å²) in [5.41, 5.74) is 3.88. The van der Waals surface area contributed by atoms with Gasteiger partial charge in [-0.05, 0) is 32.0 Å². The summed E-state index contributed by atoms with van der Waals surface area (Å²) in [6, 6.07) is 6.49. The molecule has 0 atom stereocenters. The van der Waals surface area contributed by atoms with Crippen molar-refractivity contribution in [2.24, 2.45) is 0 Å². The van der Waals surface area contributed by atoms with Gasteiger partial charge in [0.1, 0.15) is 0 Å². The molecule has 0 unspecified atom stereocenters. The zero-order chi connectivity index (χ0) is 10.4. The van der Waals surface area contributed by atoms with Gasteiger partial charge in [-0.1, -0.05) is 24.6 Å². The molecular weight excluding hydrogens is 172 g/mol. The maximum absolute atomic E-state index is 3.41. The maximum atomic E-state index is 3.41. The summed E-state index contributed by atoms with van der Waals surface area (Å²) in [4.78, 5) is 0. The molecule has 0 radical (unpaired) electrons. The molecule has 0 aliphatic heterocycles. The van der Waals surface area contributed by atoms with Crippen molar-refractivity contribution < 1.29 is 0 Å². The van der Waals surface area contributed by atoms with Gasteiger partial charge >= 0.3 is 0 Å². The van der Waals surface area contributed by atoms with E-state index in [-0.39, 0.29) is 0 Å². The van der Waals surface area contributed by atoms with Crippen LogP contribution in [0.1, 0.15) is 18.1 Å².